The zero-order chi connectivity index (χ0) is 13.8. The van der Waals surface area contributed by atoms with Crippen LogP contribution in [-0.2, 0) is 9.53 Å². The molecule has 98 valence electrons. The molecular formula is C14H19ClGeO2. The van der Waals surface area contributed by atoms with Crippen LogP contribution in [0.15, 0.2) is 29.8 Å². The van der Waals surface area contributed by atoms with Gasteiger partial charge in [0.15, 0.2) is 0 Å². The number of carbonyl (C=O) groups is 1. The van der Waals surface area contributed by atoms with Crippen LogP contribution in [0.1, 0.15) is 5.56 Å². The van der Waals surface area contributed by atoms with E-state index in [0.29, 0.717) is 5.02 Å². The first-order valence-corrected chi connectivity index (χ1v) is 14.0. The Balaban J connectivity index is 3.02. The second kappa shape index (κ2) is 6.44. The average molecular weight is 327 g/mol. The van der Waals surface area contributed by atoms with E-state index >= 15 is 0 Å². The molecular weight excluding hydrogens is 308 g/mol. The molecule has 18 heavy (non-hydrogen) atoms. The Morgan fingerprint density at radius 2 is 1.83 bits per heavy atom. The molecule has 0 saturated carbocycles. The third kappa shape index (κ3) is 5.27. The SMILES string of the molecule is COC(=O)/C(=C/c1ccc(Cl)cc1)[CH2][Ge]([CH3])([CH3])[CH3]. The fourth-order valence-electron chi connectivity index (χ4n) is 1.64. The second-order valence-corrected chi connectivity index (χ2v) is 17.4. The molecule has 0 spiro atoms. The number of esters is 1. The van der Waals surface area contributed by atoms with Gasteiger partial charge in [-0.2, -0.15) is 0 Å². The van der Waals surface area contributed by atoms with Gasteiger partial charge in [-0.1, -0.05) is 0 Å². The summed E-state index contributed by atoms with van der Waals surface area (Å²) in [4.78, 5) is 11.8. The summed E-state index contributed by atoms with van der Waals surface area (Å²) in [6.45, 7) is 0. The van der Waals surface area contributed by atoms with Gasteiger partial charge in [0.05, 0.1) is 0 Å². The molecule has 0 atom stereocenters. The summed E-state index contributed by atoms with van der Waals surface area (Å²) in [6.07, 6.45) is 1.90. The van der Waals surface area contributed by atoms with Crippen LogP contribution >= 0.6 is 11.6 Å². The van der Waals surface area contributed by atoms with Gasteiger partial charge < -0.3 is 0 Å². The summed E-state index contributed by atoms with van der Waals surface area (Å²) in [5.41, 5.74) is 1.73. The van der Waals surface area contributed by atoms with E-state index < -0.39 is 13.3 Å². The fraction of sp³-hybridized carbons (Fsp3) is 0.357. The Bertz CT molecular complexity index is 444. The van der Waals surface area contributed by atoms with Gasteiger partial charge in [-0.05, 0) is 0 Å². The van der Waals surface area contributed by atoms with E-state index in [9.17, 15) is 4.79 Å². The van der Waals surface area contributed by atoms with Crippen molar-refractivity contribution in [3.05, 3.63) is 40.4 Å². The van der Waals surface area contributed by atoms with Crippen molar-refractivity contribution >= 4 is 36.9 Å². The number of benzene rings is 1. The Morgan fingerprint density at radius 1 is 1.28 bits per heavy atom. The predicted molar refractivity (Wildman–Crippen MR) is 79.6 cm³/mol. The van der Waals surface area contributed by atoms with Gasteiger partial charge in [-0.25, -0.2) is 0 Å². The molecule has 0 saturated heterocycles. The number of methoxy groups -OCH3 is 1. The van der Waals surface area contributed by atoms with E-state index in [-0.39, 0.29) is 5.97 Å². The minimum absolute atomic E-state index is 0.231. The van der Waals surface area contributed by atoms with Crippen LogP contribution in [0.25, 0.3) is 6.08 Å². The predicted octanol–water partition coefficient (Wildman–Crippen LogP) is 4.23. The van der Waals surface area contributed by atoms with E-state index in [0.717, 1.165) is 16.4 Å². The summed E-state index contributed by atoms with van der Waals surface area (Å²) < 4.78 is 4.85. The third-order valence-corrected chi connectivity index (χ3v) is 5.66. The Labute approximate surface area is 116 Å². The monoisotopic (exact) mass is 328 g/mol. The van der Waals surface area contributed by atoms with Crippen LogP contribution in [0.2, 0.25) is 27.5 Å². The number of hydrogen-bond donors (Lipinski definition) is 0. The normalized spacial score (nSPS) is 12.4. The maximum atomic E-state index is 11.8. The van der Waals surface area contributed by atoms with Crippen LogP contribution in [0.3, 0.4) is 0 Å². The van der Waals surface area contributed by atoms with Gasteiger partial charge in [0.1, 0.15) is 0 Å². The third-order valence-electron chi connectivity index (χ3n) is 2.38. The minimum atomic E-state index is -1.85. The van der Waals surface area contributed by atoms with Crippen molar-refractivity contribution in [3.8, 4) is 0 Å². The molecule has 0 radical (unpaired) electrons. The molecule has 1 rings (SSSR count). The summed E-state index contributed by atoms with van der Waals surface area (Å²) in [5.74, 6) is 6.60. The number of halogens is 1. The van der Waals surface area contributed by atoms with E-state index in [1.54, 1.807) is 0 Å². The number of hydrogen-bond acceptors (Lipinski definition) is 2. The number of carbonyl (C=O) groups excluding carboxylic acids is 1. The number of ether oxygens (including phenoxy) is 1. The first kappa shape index (κ1) is 15.3. The van der Waals surface area contributed by atoms with Gasteiger partial charge in [0, 0.05) is 0 Å². The maximum absolute atomic E-state index is 11.8. The Morgan fingerprint density at radius 3 is 2.28 bits per heavy atom. The molecule has 0 bridgehead atoms. The molecule has 0 aliphatic rings. The topological polar surface area (TPSA) is 26.3 Å². The van der Waals surface area contributed by atoms with Crippen molar-refractivity contribution in [2.45, 2.75) is 22.5 Å². The van der Waals surface area contributed by atoms with Gasteiger partial charge in [-0.3, -0.25) is 0 Å². The van der Waals surface area contributed by atoms with Gasteiger partial charge in [0.2, 0.25) is 0 Å². The van der Waals surface area contributed by atoms with Crippen molar-refractivity contribution in [3.63, 3.8) is 0 Å². The van der Waals surface area contributed by atoms with Gasteiger partial charge in [-0.15, -0.1) is 0 Å². The molecule has 4 heteroatoms. The van der Waals surface area contributed by atoms with Crippen LogP contribution in [-0.4, -0.2) is 26.3 Å². The molecule has 0 heterocycles. The zero-order valence-electron chi connectivity index (χ0n) is 11.3. The summed E-state index contributed by atoms with van der Waals surface area (Å²) in [6, 6.07) is 7.45. The quantitative estimate of drug-likeness (QED) is 0.470. The molecule has 0 aliphatic heterocycles. The average Bonchev–Trinajstić information content (AvgIpc) is 2.28. The standard InChI is InChI=1S/C14H19ClGeO2/c1-16(2,3)10-12(14(17)18-4)9-11-5-7-13(15)8-6-11/h5-9H,10H2,1-4H3/b12-9+. The van der Waals surface area contributed by atoms with E-state index in [1.165, 1.54) is 7.11 Å². The molecule has 1 aromatic carbocycles. The first-order chi connectivity index (χ1) is 8.31. The molecule has 1 aromatic rings. The summed E-state index contributed by atoms with van der Waals surface area (Å²) in [7, 11) is 1.42. The van der Waals surface area contributed by atoms with Crippen LogP contribution in [0, 0.1) is 0 Å². The van der Waals surface area contributed by atoms with E-state index in [4.69, 9.17) is 16.3 Å². The van der Waals surface area contributed by atoms with Crippen LogP contribution in [0.4, 0.5) is 0 Å². The molecule has 0 unspecified atom stereocenters. The molecule has 0 fully saturated rings. The van der Waals surface area contributed by atoms with Crippen LogP contribution in [0.5, 0.6) is 0 Å². The van der Waals surface area contributed by atoms with Crippen molar-refractivity contribution in [1.82, 2.24) is 0 Å². The molecule has 2 nitrogen and oxygen atoms in total. The van der Waals surface area contributed by atoms with Crippen molar-refractivity contribution < 1.29 is 9.53 Å². The Kier molecular flexibility index (Phi) is 5.48. The van der Waals surface area contributed by atoms with Gasteiger partial charge >= 0.3 is 117 Å². The summed E-state index contributed by atoms with van der Waals surface area (Å²) in [5, 5.41) is 1.55. The molecule has 0 aromatic heterocycles. The van der Waals surface area contributed by atoms with Crippen molar-refractivity contribution in [2.75, 3.05) is 7.11 Å². The summed E-state index contributed by atoms with van der Waals surface area (Å²) >= 11 is 3.99. The van der Waals surface area contributed by atoms with Crippen molar-refractivity contribution in [2.24, 2.45) is 0 Å². The number of rotatable bonds is 4. The Hall–Kier alpha value is -0.737. The fourth-order valence-corrected chi connectivity index (χ4v) is 4.69. The second-order valence-electron chi connectivity index (χ2n) is 5.45. The van der Waals surface area contributed by atoms with E-state index in [1.807, 2.05) is 30.3 Å². The molecule has 0 amide bonds. The molecule has 0 N–H and O–H groups in total. The first-order valence-electron chi connectivity index (χ1n) is 5.86. The van der Waals surface area contributed by atoms with Gasteiger partial charge in [0.25, 0.3) is 0 Å². The van der Waals surface area contributed by atoms with Crippen LogP contribution < -0.4 is 0 Å². The molecule has 0 aliphatic carbocycles. The zero-order valence-corrected chi connectivity index (χ0v) is 14.1. The van der Waals surface area contributed by atoms with E-state index in [2.05, 4.69) is 17.3 Å². The van der Waals surface area contributed by atoms with Crippen molar-refractivity contribution in [1.29, 1.82) is 0 Å².